The third kappa shape index (κ3) is 3.10. The Morgan fingerprint density at radius 3 is 2.83 bits per heavy atom. The van der Waals surface area contributed by atoms with Gasteiger partial charge in [0.15, 0.2) is 17.3 Å². The summed E-state index contributed by atoms with van der Waals surface area (Å²) >= 11 is 6.26. The van der Waals surface area contributed by atoms with Gasteiger partial charge in [-0.2, -0.15) is 0 Å². The maximum Gasteiger partial charge on any atom is 0.196 e. The molecule has 2 aromatic carbocycles. The van der Waals surface area contributed by atoms with E-state index in [4.69, 9.17) is 25.8 Å². The zero-order chi connectivity index (χ0) is 17.1. The summed E-state index contributed by atoms with van der Waals surface area (Å²) in [4.78, 5) is 12.6. The van der Waals surface area contributed by atoms with Gasteiger partial charge in [0.25, 0.3) is 0 Å². The van der Waals surface area contributed by atoms with E-state index in [0.29, 0.717) is 40.0 Å². The number of hydrogen-bond acceptors (Lipinski definition) is 4. The van der Waals surface area contributed by atoms with Gasteiger partial charge in [0.2, 0.25) is 0 Å². The topological polar surface area (TPSA) is 44.8 Å². The Morgan fingerprint density at radius 2 is 2.08 bits per heavy atom. The van der Waals surface area contributed by atoms with Crippen LogP contribution in [0, 0.1) is 0 Å². The van der Waals surface area contributed by atoms with Crippen LogP contribution in [0.1, 0.15) is 22.8 Å². The van der Waals surface area contributed by atoms with E-state index < -0.39 is 0 Å². The van der Waals surface area contributed by atoms with Crippen LogP contribution in [0.3, 0.4) is 0 Å². The number of ether oxygens (including phenoxy) is 3. The van der Waals surface area contributed by atoms with Crippen molar-refractivity contribution in [3.05, 3.63) is 58.1 Å². The maximum atomic E-state index is 12.6. The first-order valence-electron chi connectivity index (χ1n) is 7.61. The normalized spacial score (nSPS) is 15.0. The van der Waals surface area contributed by atoms with Gasteiger partial charge in [-0.1, -0.05) is 23.7 Å². The highest BCUT2D eigenvalue weighted by Crippen LogP contribution is 2.37. The van der Waals surface area contributed by atoms with Gasteiger partial charge in [0, 0.05) is 5.57 Å². The SMILES string of the molecule is CCOc1cc(/C=C2\COc3ccccc3C2=O)cc(Cl)c1OC. The summed E-state index contributed by atoms with van der Waals surface area (Å²) < 4.78 is 16.5. The first-order chi connectivity index (χ1) is 11.6. The average molecular weight is 345 g/mol. The molecule has 0 fully saturated rings. The van der Waals surface area contributed by atoms with Gasteiger partial charge in [0.05, 0.1) is 24.3 Å². The van der Waals surface area contributed by atoms with Gasteiger partial charge < -0.3 is 14.2 Å². The molecular weight excluding hydrogens is 328 g/mol. The molecule has 0 saturated carbocycles. The summed E-state index contributed by atoms with van der Waals surface area (Å²) in [6.45, 7) is 2.60. The number of para-hydroxylation sites is 1. The number of benzene rings is 2. The highest BCUT2D eigenvalue weighted by Gasteiger charge is 2.23. The molecule has 0 radical (unpaired) electrons. The molecule has 5 heteroatoms. The number of Topliss-reactive ketones (excluding diaryl/α,β-unsaturated/α-hetero) is 1. The smallest absolute Gasteiger partial charge is 0.196 e. The van der Waals surface area contributed by atoms with Crippen LogP contribution in [-0.4, -0.2) is 26.1 Å². The second-order valence-electron chi connectivity index (χ2n) is 5.25. The van der Waals surface area contributed by atoms with Crippen molar-refractivity contribution in [2.75, 3.05) is 20.3 Å². The average Bonchev–Trinajstić information content (AvgIpc) is 2.58. The van der Waals surface area contributed by atoms with Crippen molar-refractivity contribution < 1.29 is 19.0 Å². The van der Waals surface area contributed by atoms with Gasteiger partial charge in [0.1, 0.15) is 12.4 Å². The number of carbonyl (C=O) groups excluding carboxylic acids is 1. The predicted molar refractivity (Wildman–Crippen MR) is 93.4 cm³/mol. The van der Waals surface area contributed by atoms with Crippen LogP contribution in [-0.2, 0) is 0 Å². The summed E-state index contributed by atoms with van der Waals surface area (Å²) in [6, 6.07) is 10.8. The number of rotatable bonds is 4. The summed E-state index contributed by atoms with van der Waals surface area (Å²) in [7, 11) is 1.54. The van der Waals surface area contributed by atoms with Gasteiger partial charge in [-0.3, -0.25) is 4.79 Å². The molecule has 0 aromatic heterocycles. The molecule has 124 valence electrons. The Morgan fingerprint density at radius 1 is 1.29 bits per heavy atom. The first-order valence-corrected chi connectivity index (χ1v) is 7.99. The molecule has 1 heterocycles. The van der Waals surface area contributed by atoms with E-state index in [-0.39, 0.29) is 12.4 Å². The standard InChI is InChI=1S/C19H17ClO4/c1-3-23-17-10-12(9-15(20)19(17)22-2)8-13-11-24-16-7-5-4-6-14(16)18(13)21/h4-10H,3,11H2,1-2H3/b13-8+. The molecule has 0 atom stereocenters. The maximum absolute atomic E-state index is 12.6. The fourth-order valence-electron chi connectivity index (χ4n) is 2.61. The quantitative estimate of drug-likeness (QED) is 0.771. The number of hydrogen-bond donors (Lipinski definition) is 0. The fourth-order valence-corrected chi connectivity index (χ4v) is 2.91. The van der Waals surface area contributed by atoms with Gasteiger partial charge >= 0.3 is 0 Å². The van der Waals surface area contributed by atoms with E-state index in [9.17, 15) is 4.79 Å². The second kappa shape index (κ2) is 6.97. The molecule has 0 spiro atoms. The summed E-state index contributed by atoms with van der Waals surface area (Å²) in [5, 5.41) is 0.430. The lowest BCUT2D eigenvalue weighted by Crippen LogP contribution is -2.18. The second-order valence-corrected chi connectivity index (χ2v) is 5.66. The molecule has 1 aliphatic rings. The van der Waals surface area contributed by atoms with Crippen molar-refractivity contribution in [1.29, 1.82) is 0 Å². The van der Waals surface area contributed by atoms with E-state index in [2.05, 4.69) is 0 Å². The minimum Gasteiger partial charge on any atom is -0.491 e. The molecule has 0 aliphatic carbocycles. The van der Waals surface area contributed by atoms with Crippen LogP contribution in [0.4, 0.5) is 0 Å². The minimum atomic E-state index is -0.0400. The molecule has 0 bridgehead atoms. The molecule has 4 nitrogen and oxygen atoms in total. The molecular formula is C19H17ClO4. The van der Waals surface area contributed by atoms with Crippen molar-refractivity contribution in [3.63, 3.8) is 0 Å². The molecule has 0 amide bonds. The largest absolute Gasteiger partial charge is 0.491 e. The summed E-state index contributed by atoms with van der Waals surface area (Å²) in [6.07, 6.45) is 1.77. The summed E-state index contributed by atoms with van der Waals surface area (Å²) in [5.41, 5.74) is 1.90. The van der Waals surface area contributed by atoms with E-state index >= 15 is 0 Å². The highest BCUT2D eigenvalue weighted by molar-refractivity contribution is 6.32. The summed E-state index contributed by atoms with van der Waals surface area (Å²) in [5.74, 6) is 1.60. The molecule has 24 heavy (non-hydrogen) atoms. The highest BCUT2D eigenvalue weighted by atomic mass is 35.5. The third-order valence-corrected chi connectivity index (χ3v) is 3.96. The van der Waals surface area contributed by atoms with Crippen molar-refractivity contribution >= 4 is 23.5 Å². The Labute approximate surface area is 145 Å². The van der Waals surface area contributed by atoms with Crippen LogP contribution in [0.2, 0.25) is 5.02 Å². The molecule has 0 unspecified atom stereocenters. The number of methoxy groups -OCH3 is 1. The lowest BCUT2D eigenvalue weighted by atomic mass is 9.98. The molecule has 0 N–H and O–H groups in total. The van der Waals surface area contributed by atoms with Crippen molar-refractivity contribution in [1.82, 2.24) is 0 Å². The van der Waals surface area contributed by atoms with Crippen LogP contribution < -0.4 is 14.2 Å². The Hall–Kier alpha value is -2.46. The minimum absolute atomic E-state index is 0.0400. The Balaban J connectivity index is 1.99. The number of halogens is 1. The zero-order valence-corrected chi connectivity index (χ0v) is 14.2. The molecule has 0 saturated heterocycles. The monoisotopic (exact) mass is 344 g/mol. The Bertz CT molecular complexity index is 811. The first kappa shape index (κ1) is 16.4. The van der Waals surface area contributed by atoms with E-state index in [0.717, 1.165) is 5.56 Å². The lowest BCUT2D eigenvalue weighted by Gasteiger charge is -2.19. The van der Waals surface area contributed by atoms with Crippen LogP contribution >= 0.6 is 11.6 Å². The third-order valence-electron chi connectivity index (χ3n) is 3.68. The van der Waals surface area contributed by atoms with E-state index in [1.807, 2.05) is 19.1 Å². The number of carbonyl (C=O) groups is 1. The van der Waals surface area contributed by atoms with Crippen LogP contribution in [0.15, 0.2) is 42.0 Å². The Kier molecular flexibility index (Phi) is 4.76. The predicted octanol–water partition coefficient (Wildman–Crippen LogP) is 4.41. The van der Waals surface area contributed by atoms with Crippen LogP contribution in [0.5, 0.6) is 17.2 Å². The number of ketones is 1. The van der Waals surface area contributed by atoms with Crippen LogP contribution in [0.25, 0.3) is 6.08 Å². The molecule has 1 aliphatic heterocycles. The van der Waals surface area contributed by atoms with Gasteiger partial charge in [-0.15, -0.1) is 0 Å². The van der Waals surface area contributed by atoms with Gasteiger partial charge in [-0.25, -0.2) is 0 Å². The molecule has 3 rings (SSSR count). The molecule has 2 aromatic rings. The van der Waals surface area contributed by atoms with Crippen molar-refractivity contribution in [2.24, 2.45) is 0 Å². The van der Waals surface area contributed by atoms with E-state index in [1.54, 1.807) is 30.3 Å². The lowest BCUT2D eigenvalue weighted by molar-refractivity contribution is 0.100. The van der Waals surface area contributed by atoms with Crippen molar-refractivity contribution in [2.45, 2.75) is 6.92 Å². The van der Waals surface area contributed by atoms with Crippen molar-refractivity contribution in [3.8, 4) is 17.2 Å². The van der Waals surface area contributed by atoms with E-state index in [1.165, 1.54) is 7.11 Å². The van der Waals surface area contributed by atoms with Gasteiger partial charge in [-0.05, 0) is 42.8 Å². The number of fused-ring (bicyclic) bond motifs is 1. The zero-order valence-electron chi connectivity index (χ0n) is 13.5. The fraction of sp³-hybridized carbons (Fsp3) is 0.211.